The van der Waals surface area contributed by atoms with Crippen molar-refractivity contribution in [2.75, 3.05) is 12.4 Å². The van der Waals surface area contributed by atoms with E-state index in [4.69, 9.17) is 4.74 Å². The van der Waals surface area contributed by atoms with Crippen molar-refractivity contribution in [2.24, 2.45) is 0 Å². The summed E-state index contributed by atoms with van der Waals surface area (Å²) < 4.78 is 5.38. The molecule has 1 saturated heterocycles. The van der Waals surface area contributed by atoms with Crippen LogP contribution in [0, 0.1) is 0 Å². The third kappa shape index (κ3) is 18.7. The number of ether oxygens (including phenoxy) is 1. The van der Waals surface area contributed by atoms with Gasteiger partial charge in [-0.05, 0) is 51.4 Å². The Morgan fingerprint density at radius 2 is 1.47 bits per heavy atom. The van der Waals surface area contributed by atoms with E-state index >= 15 is 0 Å². The molecule has 0 saturated carbocycles. The fraction of sp³-hybridized carbons (Fsp3) is 0.885. The highest BCUT2D eigenvalue weighted by molar-refractivity contribution is 8.77. The minimum absolute atomic E-state index is 0.0104. The van der Waals surface area contributed by atoms with Gasteiger partial charge in [-0.15, -0.1) is 0 Å². The van der Waals surface area contributed by atoms with Crippen molar-refractivity contribution >= 4 is 27.6 Å². The maximum atomic E-state index is 11.8. The van der Waals surface area contributed by atoms with E-state index in [1.54, 1.807) is 0 Å². The highest BCUT2D eigenvalue weighted by Gasteiger charge is 2.15. The van der Waals surface area contributed by atoms with Crippen LogP contribution in [-0.2, 0) is 9.53 Å². The maximum Gasteiger partial charge on any atom is 0.305 e. The molecule has 0 spiro atoms. The van der Waals surface area contributed by atoms with E-state index in [0.29, 0.717) is 13.0 Å². The number of rotatable bonds is 21. The van der Waals surface area contributed by atoms with E-state index < -0.39 is 0 Å². The average molecular weight is 457 g/mol. The Kier molecular flexibility index (Phi) is 20.6. The van der Waals surface area contributed by atoms with Gasteiger partial charge >= 0.3 is 5.97 Å². The van der Waals surface area contributed by atoms with Crippen molar-refractivity contribution in [1.82, 2.24) is 0 Å². The lowest BCUT2D eigenvalue weighted by Gasteiger charge is -2.07. The number of allylic oxidation sites excluding steroid dienone is 2. The predicted octanol–water partition coefficient (Wildman–Crippen LogP) is 9.28. The first kappa shape index (κ1) is 27.9. The number of esters is 1. The van der Waals surface area contributed by atoms with Crippen molar-refractivity contribution in [3.63, 3.8) is 0 Å². The molecular weight excluding hydrogens is 408 g/mol. The fourth-order valence-corrected chi connectivity index (χ4v) is 6.84. The van der Waals surface area contributed by atoms with Gasteiger partial charge in [-0.2, -0.15) is 0 Å². The summed E-state index contributed by atoms with van der Waals surface area (Å²) >= 11 is 0. The Labute approximate surface area is 195 Å². The van der Waals surface area contributed by atoms with E-state index in [1.165, 1.54) is 108 Å². The van der Waals surface area contributed by atoms with Crippen molar-refractivity contribution in [3.8, 4) is 0 Å². The van der Waals surface area contributed by atoms with Crippen LogP contribution in [0.5, 0.6) is 0 Å². The zero-order valence-electron chi connectivity index (χ0n) is 19.7. The van der Waals surface area contributed by atoms with E-state index in [0.717, 1.165) is 18.1 Å². The van der Waals surface area contributed by atoms with E-state index in [9.17, 15) is 4.79 Å². The van der Waals surface area contributed by atoms with Gasteiger partial charge < -0.3 is 4.74 Å². The van der Waals surface area contributed by atoms with Crippen LogP contribution in [0.25, 0.3) is 0 Å². The molecule has 0 aromatic carbocycles. The van der Waals surface area contributed by atoms with Crippen LogP contribution in [0.1, 0.15) is 129 Å². The Morgan fingerprint density at radius 3 is 2.10 bits per heavy atom. The summed E-state index contributed by atoms with van der Waals surface area (Å²) in [6.45, 7) is 2.90. The molecule has 2 nitrogen and oxygen atoms in total. The second kappa shape index (κ2) is 22.1. The van der Waals surface area contributed by atoms with Gasteiger partial charge in [0.05, 0.1) is 6.61 Å². The summed E-state index contributed by atoms with van der Waals surface area (Å²) in [4.78, 5) is 11.8. The molecule has 1 heterocycles. The first-order valence-electron chi connectivity index (χ1n) is 12.9. The lowest BCUT2D eigenvalue weighted by atomic mass is 10.1. The molecule has 0 aromatic heterocycles. The molecular formula is C26H48O2S2. The number of carbonyl (C=O) groups excluding carboxylic acids is 1. The van der Waals surface area contributed by atoms with Crippen molar-refractivity contribution in [1.29, 1.82) is 0 Å². The molecule has 1 atom stereocenters. The van der Waals surface area contributed by atoms with Crippen LogP contribution in [0.2, 0.25) is 0 Å². The fourth-order valence-electron chi connectivity index (χ4n) is 3.81. The number of unbranched alkanes of at least 4 members (excludes halogenated alkanes) is 13. The van der Waals surface area contributed by atoms with Crippen LogP contribution in [-0.4, -0.2) is 23.6 Å². The lowest BCUT2D eigenvalue weighted by Crippen LogP contribution is -2.06. The smallest absolute Gasteiger partial charge is 0.305 e. The molecule has 1 aliphatic rings. The predicted molar refractivity (Wildman–Crippen MR) is 137 cm³/mol. The largest absolute Gasteiger partial charge is 0.466 e. The number of carbonyl (C=O) groups is 1. The quantitative estimate of drug-likeness (QED) is 0.0743. The van der Waals surface area contributed by atoms with E-state index in [1.807, 2.05) is 21.6 Å². The maximum absolute atomic E-state index is 11.8. The molecule has 0 aromatic rings. The summed E-state index contributed by atoms with van der Waals surface area (Å²) in [6.07, 6.45) is 28.5. The van der Waals surface area contributed by atoms with Crippen LogP contribution in [0.3, 0.4) is 0 Å². The summed E-state index contributed by atoms with van der Waals surface area (Å²) in [5.74, 6) is 1.31. The second-order valence-corrected chi connectivity index (χ2v) is 11.5. The Hall–Kier alpha value is -0.0900. The third-order valence-electron chi connectivity index (χ3n) is 5.80. The van der Waals surface area contributed by atoms with Crippen LogP contribution in [0.15, 0.2) is 12.2 Å². The Morgan fingerprint density at radius 1 is 0.833 bits per heavy atom. The van der Waals surface area contributed by atoms with Crippen molar-refractivity contribution < 1.29 is 9.53 Å². The highest BCUT2D eigenvalue weighted by atomic mass is 33.1. The molecule has 1 fully saturated rings. The second-order valence-electron chi connectivity index (χ2n) is 8.73. The summed E-state index contributed by atoms with van der Waals surface area (Å²) in [6, 6.07) is 0. The Balaban J connectivity index is 1.72. The topological polar surface area (TPSA) is 26.3 Å². The molecule has 1 unspecified atom stereocenters. The molecule has 0 radical (unpaired) electrons. The molecule has 176 valence electrons. The van der Waals surface area contributed by atoms with Gasteiger partial charge in [0.15, 0.2) is 0 Å². The first-order chi connectivity index (χ1) is 14.8. The normalized spacial score (nSPS) is 16.5. The molecule has 0 aliphatic carbocycles. The number of hydrogen-bond donors (Lipinski definition) is 0. The van der Waals surface area contributed by atoms with Gasteiger partial charge in [-0.3, -0.25) is 4.79 Å². The van der Waals surface area contributed by atoms with Gasteiger partial charge in [0.2, 0.25) is 0 Å². The standard InChI is InChI=1S/C26H48O2S2/c1-2-3-4-5-6-7-8-9-10-11-12-13-14-15-16-19-23-28-26(27)21-18-17-20-25-22-24-29-30-25/h9-10,25H,2-8,11-24H2,1H3/b10-9-. The minimum atomic E-state index is 0.0104. The van der Waals surface area contributed by atoms with Gasteiger partial charge in [0, 0.05) is 17.4 Å². The monoisotopic (exact) mass is 456 g/mol. The molecule has 0 N–H and O–H groups in total. The van der Waals surface area contributed by atoms with Gasteiger partial charge in [-0.1, -0.05) is 105 Å². The average Bonchev–Trinajstić information content (AvgIpc) is 3.27. The summed E-state index contributed by atoms with van der Waals surface area (Å²) in [7, 11) is 4.03. The zero-order chi connectivity index (χ0) is 21.5. The van der Waals surface area contributed by atoms with Gasteiger partial charge in [-0.25, -0.2) is 0 Å². The SMILES string of the molecule is CCCCCCCC/C=C\CCCCCCCCOC(=O)CCCCC1CCSS1. The molecule has 0 bridgehead atoms. The Bertz CT molecular complexity index is 406. The molecule has 1 rings (SSSR count). The van der Waals surface area contributed by atoms with E-state index in [-0.39, 0.29) is 5.97 Å². The number of hydrogen-bond acceptors (Lipinski definition) is 4. The molecule has 1 aliphatic heterocycles. The molecule has 4 heteroatoms. The van der Waals surface area contributed by atoms with Gasteiger partial charge in [0.25, 0.3) is 0 Å². The molecule has 0 amide bonds. The van der Waals surface area contributed by atoms with Crippen LogP contribution >= 0.6 is 21.6 Å². The zero-order valence-corrected chi connectivity index (χ0v) is 21.3. The summed E-state index contributed by atoms with van der Waals surface area (Å²) in [5, 5.41) is 0.826. The minimum Gasteiger partial charge on any atom is -0.466 e. The van der Waals surface area contributed by atoms with Gasteiger partial charge in [0.1, 0.15) is 0 Å². The summed E-state index contributed by atoms with van der Waals surface area (Å²) in [5.41, 5.74) is 0. The molecule has 30 heavy (non-hydrogen) atoms. The van der Waals surface area contributed by atoms with E-state index in [2.05, 4.69) is 19.1 Å². The van der Waals surface area contributed by atoms with Crippen LogP contribution < -0.4 is 0 Å². The lowest BCUT2D eigenvalue weighted by molar-refractivity contribution is -0.143. The highest BCUT2D eigenvalue weighted by Crippen LogP contribution is 2.39. The van der Waals surface area contributed by atoms with Crippen molar-refractivity contribution in [3.05, 3.63) is 12.2 Å². The van der Waals surface area contributed by atoms with Crippen LogP contribution in [0.4, 0.5) is 0 Å². The third-order valence-corrected chi connectivity index (χ3v) is 8.81. The van der Waals surface area contributed by atoms with Crippen molar-refractivity contribution in [2.45, 2.75) is 134 Å². The first-order valence-corrected chi connectivity index (χ1v) is 15.3.